The molecule has 4 N–H and O–H groups in total. The highest BCUT2D eigenvalue weighted by Crippen LogP contribution is 2.21. The van der Waals surface area contributed by atoms with Crippen molar-refractivity contribution >= 4 is 17.5 Å². The Kier molecular flexibility index (Phi) is 3.59. The highest BCUT2D eigenvalue weighted by Gasteiger charge is 2.04. The third-order valence-corrected chi connectivity index (χ3v) is 2.61. The summed E-state index contributed by atoms with van der Waals surface area (Å²) in [5.74, 6) is 6.28. The van der Waals surface area contributed by atoms with Gasteiger partial charge in [-0.15, -0.1) is 0 Å². The van der Waals surface area contributed by atoms with Crippen LogP contribution in [0.3, 0.4) is 0 Å². The third kappa shape index (κ3) is 2.97. The Balaban J connectivity index is 2.36. The van der Waals surface area contributed by atoms with Gasteiger partial charge in [-0.1, -0.05) is 6.07 Å². The smallest absolute Gasteiger partial charge is 0.239 e. The summed E-state index contributed by atoms with van der Waals surface area (Å²) >= 11 is 0. The summed E-state index contributed by atoms with van der Waals surface area (Å²) in [5.41, 5.74) is 5.66. The minimum Gasteiger partial charge on any atom is -0.340 e. The molecule has 0 atom stereocenters. The number of benzene rings is 1. The van der Waals surface area contributed by atoms with E-state index in [4.69, 9.17) is 11.1 Å². The van der Waals surface area contributed by atoms with E-state index >= 15 is 0 Å². The van der Waals surface area contributed by atoms with Crippen LogP contribution >= 0.6 is 0 Å². The largest absolute Gasteiger partial charge is 0.340 e. The molecule has 0 amide bonds. The summed E-state index contributed by atoms with van der Waals surface area (Å²) in [4.78, 5) is 8.31. The Morgan fingerprint density at radius 2 is 2.00 bits per heavy atom. The number of nitrogens with two attached hydrogens (primary N) is 1. The first kappa shape index (κ1) is 12.8. The molecule has 0 saturated heterocycles. The first-order chi connectivity index (χ1) is 9.12. The summed E-state index contributed by atoms with van der Waals surface area (Å²) in [6, 6.07) is 9.36. The summed E-state index contributed by atoms with van der Waals surface area (Å²) in [7, 11) is 0. The minimum atomic E-state index is 0.344. The van der Waals surface area contributed by atoms with Gasteiger partial charge in [0.15, 0.2) is 0 Å². The van der Waals surface area contributed by atoms with E-state index < -0.39 is 0 Å². The third-order valence-electron chi connectivity index (χ3n) is 2.61. The van der Waals surface area contributed by atoms with Gasteiger partial charge in [0.1, 0.15) is 5.82 Å². The normalized spacial score (nSPS) is 9.79. The molecule has 1 aromatic heterocycles. The van der Waals surface area contributed by atoms with Crippen molar-refractivity contribution in [1.29, 1.82) is 5.26 Å². The van der Waals surface area contributed by atoms with Crippen LogP contribution in [-0.2, 0) is 0 Å². The van der Waals surface area contributed by atoms with Crippen LogP contribution in [0.1, 0.15) is 16.8 Å². The van der Waals surface area contributed by atoms with Crippen molar-refractivity contribution in [1.82, 2.24) is 9.97 Å². The van der Waals surface area contributed by atoms with Crippen molar-refractivity contribution in [3.05, 3.63) is 41.1 Å². The molecule has 0 saturated carbocycles. The van der Waals surface area contributed by atoms with Gasteiger partial charge in [0, 0.05) is 17.4 Å². The molecule has 0 bridgehead atoms. The Hall–Kier alpha value is -2.65. The van der Waals surface area contributed by atoms with Crippen LogP contribution < -0.4 is 16.6 Å². The molecule has 1 heterocycles. The van der Waals surface area contributed by atoms with Crippen molar-refractivity contribution in [3.63, 3.8) is 0 Å². The zero-order valence-electron chi connectivity index (χ0n) is 10.7. The molecular weight excluding hydrogens is 240 g/mol. The summed E-state index contributed by atoms with van der Waals surface area (Å²) in [5, 5.41) is 12.1. The van der Waals surface area contributed by atoms with E-state index in [1.54, 1.807) is 18.2 Å². The van der Waals surface area contributed by atoms with Crippen LogP contribution in [0.15, 0.2) is 24.3 Å². The molecular formula is C13H14N6. The van der Waals surface area contributed by atoms with Crippen LogP contribution in [0, 0.1) is 25.2 Å². The second kappa shape index (κ2) is 5.33. The first-order valence-corrected chi connectivity index (χ1v) is 5.72. The van der Waals surface area contributed by atoms with Gasteiger partial charge in [-0.25, -0.2) is 10.8 Å². The zero-order valence-corrected chi connectivity index (χ0v) is 10.7. The highest BCUT2D eigenvalue weighted by molar-refractivity contribution is 5.63. The van der Waals surface area contributed by atoms with Gasteiger partial charge in [-0.3, -0.25) is 5.43 Å². The van der Waals surface area contributed by atoms with Gasteiger partial charge in [0.05, 0.1) is 11.6 Å². The standard InChI is InChI=1S/C13H14N6/c1-8-3-4-10(7-14)6-11(8)17-12-5-9(2)16-13(18-12)19-15/h3-6H,15H2,1-2H3,(H2,16,17,18,19). The average molecular weight is 254 g/mol. The van der Waals surface area contributed by atoms with Gasteiger partial charge < -0.3 is 5.32 Å². The van der Waals surface area contributed by atoms with Gasteiger partial charge >= 0.3 is 0 Å². The highest BCUT2D eigenvalue weighted by atomic mass is 15.3. The van der Waals surface area contributed by atoms with Gasteiger partial charge in [-0.2, -0.15) is 10.2 Å². The first-order valence-electron chi connectivity index (χ1n) is 5.72. The number of hydrazine groups is 1. The maximum atomic E-state index is 8.92. The fraction of sp³-hybridized carbons (Fsp3) is 0.154. The average Bonchev–Trinajstić information content (AvgIpc) is 2.40. The molecule has 0 radical (unpaired) electrons. The van der Waals surface area contributed by atoms with E-state index in [9.17, 15) is 0 Å². The molecule has 0 aliphatic heterocycles. The maximum absolute atomic E-state index is 8.92. The molecule has 96 valence electrons. The number of hydrogen-bond acceptors (Lipinski definition) is 6. The second-order valence-electron chi connectivity index (χ2n) is 4.13. The Morgan fingerprint density at radius 3 is 2.68 bits per heavy atom. The maximum Gasteiger partial charge on any atom is 0.239 e. The summed E-state index contributed by atoms with van der Waals surface area (Å²) in [6.07, 6.45) is 0. The minimum absolute atomic E-state index is 0.344. The van der Waals surface area contributed by atoms with Gasteiger partial charge in [0.2, 0.25) is 5.95 Å². The number of nitrogens with zero attached hydrogens (tertiary/aromatic N) is 3. The van der Waals surface area contributed by atoms with Gasteiger partial charge in [-0.05, 0) is 31.5 Å². The number of nitrogen functional groups attached to an aromatic ring is 1. The van der Waals surface area contributed by atoms with Crippen molar-refractivity contribution in [2.24, 2.45) is 5.84 Å². The lowest BCUT2D eigenvalue weighted by Crippen LogP contribution is -2.12. The fourth-order valence-corrected chi connectivity index (χ4v) is 1.66. The van der Waals surface area contributed by atoms with Crippen molar-refractivity contribution in [2.45, 2.75) is 13.8 Å². The lowest BCUT2D eigenvalue weighted by Gasteiger charge is -2.10. The number of anilines is 3. The molecule has 0 unspecified atom stereocenters. The van der Waals surface area contributed by atoms with Crippen LogP contribution in [0.5, 0.6) is 0 Å². The SMILES string of the molecule is Cc1cc(Nc2cc(C#N)ccc2C)nc(NN)n1. The van der Waals surface area contributed by atoms with Gasteiger partial charge in [0.25, 0.3) is 0 Å². The molecule has 0 spiro atoms. The lowest BCUT2D eigenvalue weighted by atomic mass is 10.1. The predicted octanol–water partition coefficient (Wildman–Crippen LogP) is 1.99. The number of rotatable bonds is 3. The molecule has 0 fully saturated rings. The zero-order chi connectivity index (χ0) is 13.8. The quantitative estimate of drug-likeness (QED) is 0.572. The number of hydrogen-bond donors (Lipinski definition) is 3. The van der Waals surface area contributed by atoms with Crippen LogP contribution in [-0.4, -0.2) is 9.97 Å². The van der Waals surface area contributed by atoms with Crippen LogP contribution in [0.25, 0.3) is 0 Å². The topological polar surface area (TPSA) is 99.7 Å². The molecule has 19 heavy (non-hydrogen) atoms. The Labute approximate surface area is 111 Å². The van der Waals surface area contributed by atoms with Crippen molar-refractivity contribution in [2.75, 3.05) is 10.7 Å². The van der Waals surface area contributed by atoms with Crippen LogP contribution in [0.4, 0.5) is 17.5 Å². The predicted molar refractivity (Wildman–Crippen MR) is 73.8 cm³/mol. The van der Waals surface area contributed by atoms with Crippen molar-refractivity contribution in [3.8, 4) is 6.07 Å². The number of aryl methyl sites for hydroxylation is 2. The van der Waals surface area contributed by atoms with Crippen LogP contribution in [0.2, 0.25) is 0 Å². The Bertz CT molecular complexity index is 644. The molecule has 1 aromatic carbocycles. The van der Waals surface area contributed by atoms with E-state index in [1.807, 2.05) is 19.9 Å². The molecule has 0 aliphatic carbocycles. The monoisotopic (exact) mass is 254 g/mol. The lowest BCUT2D eigenvalue weighted by molar-refractivity contribution is 1.07. The van der Waals surface area contributed by atoms with E-state index in [-0.39, 0.29) is 0 Å². The second-order valence-corrected chi connectivity index (χ2v) is 4.13. The summed E-state index contributed by atoms with van der Waals surface area (Å²) in [6.45, 7) is 3.81. The van der Waals surface area contributed by atoms with E-state index in [0.717, 1.165) is 16.9 Å². The molecule has 2 rings (SSSR count). The number of nitrogens with one attached hydrogen (secondary N) is 2. The van der Waals surface area contributed by atoms with Crippen molar-refractivity contribution < 1.29 is 0 Å². The molecule has 6 nitrogen and oxygen atoms in total. The molecule has 6 heteroatoms. The number of aromatic nitrogens is 2. The Morgan fingerprint density at radius 1 is 1.21 bits per heavy atom. The molecule has 0 aliphatic rings. The fourth-order valence-electron chi connectivity index (χ4n) is 1.66. The molecule has 2 aromatic rings. The van der Waals surface area contributed by atoms with E-state index in [1.165, 1.54) is 0 Å². The summed E-state index contributed by atoms with van der Waals surface area (Å²) < 4.78 is 0. The number of nitriles is 1. The van der Waals surface area contributed by atoms with E-state index in [0.29, 0.717) is 17.3 Å². The van der Waals surface area contributed by atoms with E-state index in [2.05, 4.69) is 26.8 Å².